The first-order valence-corrected chi connectivity index (χ1v) is 8.48. The van der Waals surface area contributed by atoms with E-state index in [-0.39, 0.29) is 17.9 Å². The normalized spacial score (nSPS) is 15.4. The number of rotatable bonds is 4. The van der Waals surface area contributed by atoms with Gasteiger partial charge in [0.25, 0.3) is 0 Å². The number of hydrogen-bond acceptors (Lipinski definition) is 4. The standard InChI is InChI=1S/C20H22N2O4/c1-12-9-16-17(7-8-26-19(16)18(10-12)25-3)22-20(24)21-15-6-4-5-14(11-15)13(2)23/h4-6,9-11,17H,7-8H2,1-3H3,(H2,21,22,24)/t17-/m0/s1. The van der Waals surface area contributed by atoms with E-state index in [0.717, 1.165) is 11.1 Å². The van der Waals surface area contributed by atoms with Crippen LogP contribution in [0.3, 0.4) is 0 Å². The highest BCUT2D eigenvalue weighted by Gasteiger charge is 2.26. The van der Waals surface area contributed by atoms with E-state index >= 15 is 0 Å². The number of ether oxygens (including phenoxy) is 2. The van der Waals surface area contributed by atoms with Gasteiger partial charge in [0.15, 0.2) is 17.3 Å². The number of carbonyl (C=O) groups is 2. The molecule has 0 bridgehead atoms. The Labute approximate surface area is 152 Å². The Morgan fingerprint density at radius 3 is 2.77 bits per heavy atom. The number of amides is 2. The Morgan fingerprint density at radius 1 is 1.23 bits per heavy atom. The number of anilines is 1. The minimum absolute atomic E-state index is 0.0463. The first kappa shape index (κ1) is 17.8. The number of Topliss-reactive ketones (excluding diaryl/α,β-unsaturated/α-hetero) is 1. The average molecular weight is 354 g/mol. The molecule has 0 aliphatic carbocycles. The van der Waals surface area contributed by atoms with Crippen molar-refractivity contribution in [2.75, 3.05) is 19.0 Å². The van der Waals surface area contributed by atoms with Crippen molar-refractivity contribution in [2.45, 2.75) is 26.3 Å². The van der Waals surface area contributed by atoms with E-state index in [1.54, 1.807) is 31.4 Å². The molecule has 0 radical (unpaired) electrons. The molecule has 26 heavy (non-hydrogen) atoms. The fraction of sp³-hybridized carbons (Fsp3) is 0.300. The van der Waals surface area contributed by atoms with Crippen molar-refractivity contribution in [3.63, 3.8) is 0 Å². The third-order valence-corrected chi connectivity index (χ3v) is 4.31. The maximum atomic E-state index is 12.4. The molecule has 0 unspecified atom stereocenters. The Balaban J connectivity index is 1.76. The third-order valence-electron chi connectivity index (χ3n) is 4.31. The highest BCUT2D eigenvalue weighted by molar-refractivity contribution is 5.96. The number of ketones is 1. The van der Waals surface area contributed by atoms with Crippen molar-refractivity contribution in [3.05, 3.63) is 53.1 Å². The second kappa shape index (κ2) is 7.47. The highest BCUT2D eigenvalue weighted by atomic mass is 16.5. The zero-order valence-corrected chi connectivity index (χ0v) is 15.1. The summed E-state index contributed by atoms with van der Waals surface area (Å²) in [5.41, 5.74) is 3.07. The maximum absolute atomic E-state index is 12.4. The van der Waals surface area contributed by atoms with Crippen molar-refractivity contribution in [1.29, 1.82) is 0 Å². The molecule has 1 aliphatic rings. The molecule has 6 nitrogen and oxygen atoms in total. The molecule has 1 atom stereocenters. The lowest BCUT2D eigenvalue weighted by atomic mass is 9.98. The number of benzene rings is 2. The highest BCUT2D eigenvalue weighted by Crippen LogP contribution is 2.40. The summed E-state index contributed by atoms with van der Waals surface area (Å²) in [4.78, 5) is 23.9. The smallest absolute Gasteiger partial charge is 0.319 e. The number of aryl methyl sites for hydroxylation is 1. The van der Waals surface area contributed by atoms with Crippen LogP contribution in [0.15, 0.2) is 36.4 Å². The lowest BCUT2D eigenvalue weighted by Crippen LogP contribution is -2.35. The number of fused-ring (bicyclic) bond motifs is 1. The van der Waals surface area contributed by atoms with Gasteiger partial charge < -0.3 is 20.1 Å². The molecule has 2 amide bonds. The summed E-state index contributed by atoms with van der Waals surface area (Å²) in [7, 11) is 1.60. The predicted octanol–water partition coefficient (Wildman–Crippen LogP) is 3.85. The lowest BCUT2D eigenvalue weighted by Gasteiger charge is -2.28. The first-order valence-electron chi connectivity index (χ1n) is 8.48. The van der Waals surface area contributed by atoms with Crippen LogP contribution in [-0.4, -0.2) is 25.5 Å². The molecular weight excluding hydrogens is 332 g/mol. The Hall–Kier alpha value is -3.02. The number of methoxy groups -OCH3 is 1. The molecule has 2 aromatic carbocycles. The van der Waals surface area contributed by atoms with Gasteiger partial charge in [-0.3, -0.25) is 4.79 Å². The van der Waals surface area contributed by atoms with E-state index in [9.17, 15) is 9.59 Å². The summed E-state index contributed by atoms with van der Waals surface area (Å²) in [6.45, 7) is 3.97. The Kier molecular flexibility index (Phi) is 5.11. The van der Waals surface area contributed by atoms with Crippen LogP contribution in [0.1, 0.15) is 40.9 Å². The molecule has 0 saturated heterocycles. The van der Waals surface area contributed by atoms with E-state index in [1.807, 2.05) is 19.1 Å². The molecule has 3 rings (SSSR count). The summed E-state index contributed by atoms with van der Waals surface area (Å²) in [5.74, 6) is 1.30. The fourth-order valence-corrected chi connectivity index (χ4v) is 3.06. The van der Waals surface area contributed by atoms with Gasteiger partial charge in [-0.25, -0.2) is 4.79 Å². The van der Waals surface area contributed by atoms with Gasteiger partial charge in [0.05, 0.1) is 19.8 Å². The second-order valence-electron chi connectivity index (χ2n) is 6.31. The predicted molar refractivity (Wildman–Crippen MR) is 99.2 cm³/mol. The SMILES string of the molecule is COc1cc(C)cc2c1OCC[C@@H]2NC(=O)Nc1cccc(C(C)=O)c1. The van der Waals surface area contributed by atoms with Gasteiger partial charge in [0.2, 0.25) is 0 Å². The summed E-state index contributed by atoms with van der Waals surface area (Å²) in [6, 6.07) is 10.3. The number of nitrogens with one attached hydrogen (secondary N) is 2. The third kappa shape index (κ3) is 3.79. The summed E-state index contributed by atoms with van der Waals surface area (Å²) in [6.07, 6.45) is 0.667. The van der Waals surface area contributed by atoms with Crippen LogP contribution in [0.2, 0.25) is 0 Å². The lowest BCUT2D eigenvalue weighted by molar-refractivity contribution is 0.101. The van der Waals surface area contributed by atoms with Crippen LogP contribution in [0.25, 0.3) is 0 Å². The van der Waals surface area contributed by atoms with Gasteiger partial charge in [0.1, 0.15) is 0 Å². The summed E-state index contributed by atoms with van der Waals surface area (Å²) >= 11 is 0. The van der Waals surface area contributed by atoms with Crippen molar-refractivity contribution < 1.29 is 19.1 Å². The van der Waals surface area contributed by atoms with E-state index in [0.29, 0.717) is 35.8 Å². The minimum Gasteiger partial charge on any atom is -0.493 e. The molecule has 0 saturated carbocycles. The van der Waals surface area contributed by atoms with Crippen molar-refractivity contribution in [1.82, 2.24) is 5.32 Å². The Morgan fingerprint density at radius 2 is 2.04 bits per heavy atom. The zero-order chi connectivity index (χ0) is 18.7. The molecule has 2 N–H and O–H groups in total. The Bertz CT molecular complexity index is 848. The molecule has 1 aliphatic heterocycles. The molecule has 6 heteroatoms. The largest absolute Gasteiger partial charge is 0.493 e. The number of carbonyl (C=O) groups excluding carboxylic acids is 2. The first-order chi connectivity index (χ1) is 12.5. The molecule has 136 valence electrons. The average Bonchev–Trinajstić information content (AvgIpc) is 2.61. The van der Waals surface area contributed by atoms with Crippen molar-refractivity contribution in [3.8, 4) is 11.5 Å². The van der Waals surface area contributed by atoms with Gasteiger partial charge in [0, 0.05) is 23.2 Å². The maximum Gasteiger partial charge on any atom is 0.319 e. The van der Waals surface area contributed by atoms with Crippen LogP contribution < -0.4 is 20.1 Å². The van der Waals surface area contributed by atoms with Gasteiger partial charge in [-0.1, -0.05) is 18.2 Å². The molecule has 1 heterocycles. The number of hydrogen-bond donors (Lipinski definition) is 2. The van der Waals surface area contributed by atoms with Crippen LogP contribution in [0, 0.1) is 6.92 Å². The van der Waals surface area contributed by atoms with Crippen molar-refractivity contribution >= 4 is 17.5 Å². The van der Waals surface area contributed by atoms with Gasteiger partial charge in [-0.2, -0.15) is 0 Å². The molecular formula is C20H22N2O4. The van der Waals surface area contributed by atoms with E-state index < -0.39 is 0 Å². The van der Waals surface area contributed by atoms with Crippen LogP contribution in [0.5, 0.6) is 11.5 Å². The van der Waals surface area contributed by atoms with Crippen molar-refractivity contribution in [2.24, 2.45) is 0 Å². The zero-order valence-electron chi connectivity index (χ0n) is 15.1. The summed E-state index contributed by atoms with van der Waals surface area (Å²) in [5, 5.41) is 5.76. The topological polar surface area (TPSA) is 76.7 Å². The molecule has 0 spiro atoms. The van der Waals surface area contributed by atoms with Crippen LogP contribution >= 0.6 is 0 Å². The van der Waals surface area contributed by atoms with Crippen LogP contribution in [0.4, 0.5) is 10.5 Å². The van der Waals surface area contributed by atoms with Crippen LogP contribution in [-0.2, 0) is 0 Å². The molecule has 0 fully saturated rings. The summed E-state index contributed by atoms with van der Waals surface area (Å²) < 4.78 is 11.1. The quantitative estimate of drug-likeness (QED) is 0.818. The van der Waals surface area contributed by atoms with E-state index in [1.165, 1.54) is 6.92 Å². The second-order valence-corrected chi connectivity index (χ2v) is 6.31. The van der Waals surface area contributed by atoms with E-state index in [2.05, 4.69) is 10.6 Å². The molecule has 0 aromatic heterocycles. The van der Waals surface area contributed by atoms with E-state index in [4.69, 9.17) is 9.47 Å². The van der Waals surface area contributed by atoms with Gasteiger partial charge in [-0.05, 0) is 37.6 Å². The number of urea groups is 1. The van der Waals surface area contributed by atoms with Gasteiger partial charge in [-0.15, -0.1) is 0 Å². The van der Waals surface area contributed by atoms with Gasteiger partial charge >= 0.3 is 6.03 Å². The monoisotopic (exact) mass is 354 g/mol. The fourth-order valence-electron chi connectivity index (χ4n) is 3.06. The minimum atomic E-state index is -0.330. The molecule has 2 aromatic rings.